The van der Waals surface area contributed by atoms with Crippen molar-refractivity contribution in [2.75, 3.05) is 5.32 Å². The van der Waals surface area contributed by atoms with Crippen LogP contribution in [0.1, 0.15) is 10.4 Å². The Morgan fingerprint density at radius 3 is 2.42 bits per heavy atom. The van der Waals surface area contributed by atoms with Gasteiger partial charge in [-0.1, -0.05) is 39.1 Å². The number of hydrogen-bond acceptors (Lipinski definition) is 1. The average Bonchev–Trinajstić information content (AvgIpc) is 2.32. The first-order valence-electron chi connectivity index (χ1n) is 5.19. The number of halogens is 4. The molecule has 0 radical (unpaired) electrons. The molecular weight excluding hydrogens is 417 g/mol. The van der Waals surface area contributed by atoms with E-state index in [2.05, 4.69) is 37.2 Å². The molecule has 6 heteroatoms. The Morgan fingerprint density at radius 2 is 1.79 bits per heavy atom. The number of amides is 1. The molecule has 19 heavy (non-hydrogen) atoms. The van der Waals surface area contributed by atoms with Gasteiger partial charge in [0, 0.05) is 14.0 Å². The lowest BCUT2D eigenvalue weighted by atomic mass is 10.2. The Hall–Kier alpha value is -0.550. The summed E-state index contributed by atoms with van der Waals surface area (Å²) in [6, 6.07) is 10.2. The van der Waals surface area contributed by atoms with Gasteiger partial charge >= 0.3 is 0 Å². The van der Waals surface area contributed by atoms with Crippen LogP contribution in [0.25, 0.3) is 0 Å². The average molecular weight is 424 g/mol. The van der Waals surface area contributed by atoms with Gasteiger partial charge in [0.2, 0.25) is 0 Å². The highest BCUT2D eigenvalue weighted by atomic mass is 79.9. The molecule has 1 amide bonds. The summed E-state index contributed by atoms with van der Waals surface area (Å²) in [5.41, 5.74) is 1.04. The summed E-state index contributed by atoms with van der Waals surface area (Å²) in [6.07, 6.45) is 0. The largest absolute Gasteiger partial charge is 0.321 e. The molecular formula is C13H7Br2Cl2NO. The Bertz CT molecular complexity index is 647. The van der Waals surface area contributed by atoms with Crippen LogP contribution in [0, 0.1) is 0 Å². The van der Waals surface area contributed by atoms with Crippen molar-refractivity contribution in [2.24, 2.45) is 0 Å². The molecule has 0 spiro atoms. The van der Waals surface area contributed by atoms with E-state index in [0.29, 0.717) is 25.8 Å². The minimum Gasteiger partial charge on any atom is -0.321 e. The third-order valence-corrected chi connectivity index (χ3v) is 4.05. The van der Waals surface area contributed by atoms with Crippen molar-refractivity contribution in [2.45, 2.75) is 0 Å². The lowest BCUT2D eigenvalue weighted by Crippen LogP contribution is -2.12. The fourth-order valence-electron chi connectivity index (χ4n) is 1.45. The quantitative estimate of drug-likeness (QED) is 0.652. The van der Waals surface area contributed by atoms with Crippen LogP contribution in [0.2, 0.25) is 10.0 Å². The minimum atomic E-state index is -0.257. The van der Waals surface area contributed by atoms with E-state index in [1.807, 2.05) is 0 Å². The van der Waals surface area contributed by atoms with E-state index in [9.17, 15) is 4.79 Å². The Kier molecular flexibility index (Phi) is 4.90. The minimum absolute atomic E-state index is 0.257. The highest BCUT2D eigenvalue weighted by Gasteiger charge is 2.12. The first-order chi connectivity index (χ1) is 8.97. The molecule has 0 saturated heterocycles. The molecule has 2 aromatic rings. The normalized spacial score (nSPS) is 10.3. The molecule has 0 unspecified atom stereocenters. The summed E-state index contributed by atoms with van der Waals surface area (Å²) in [4.78, 5) is 12.1. The smallest absolute Gasteiger partial charge is 0.256 e. The second-order valence-corrected chi connectivity index (χ2v) is 6.32. The van der Waals surface area contributed by atoms with Gasteiger partial charge in [-0.15, -0.1) is 0 Å². The molecule has 0 aliphatic heterocycles. The Morgan fingerprint density at radius 1 is 1.05 bits per heavy atom. The fourth-order valence-corrected chi connectivity index (χ4v) is 3.04. The maximum atomic E-state index is 12.1. The first kappa shape index (κ1) is 14.9. The molecule has 0 aliphatic carbocycles. The van der Waals surface area contributed by atoms with Gasteiger partial charge in [-0.05, 0) is 52.3 Å². The van der Waals surface area contributed by atoms with Gasteiger partial charge in [-0.2, -0.15) is 0 Å². The van der Waals surface area contributed by atoms with Crippen molar-refractivity contribution >= 4 is 66.7 Å². The van der Waals surface area contributed by atoms with Crippen LogP contribution in [-0.2, 0) is 0 Å². The van der Waals surface area contributed by atoms with Crippen LogP contribution in [0.3, 0.4) is 0 Å². The highest BCUT2D eigenvalue weighted by molar-refractivity contribution is 9.10. The molecule has 0 aliphatic rings. The molecule has 98 valence electrons. The molecule has 0 aromatic heterocycles. The molecule has 2 aromatic carbocycles. The van der Waals surface area contributed by atoms with Gasteiger partial charge in [0.25, 0.3) is 5.91 Å². The van der Waals surface area contributed by atoms with E-state index >= 15 is 0 Å². The highest BCUT2D eigenvalue weighted by Crippen LogP contribution is 2.27. The number of benzene rings is 2. The SMILES string of the molecule is O=C(Nc1ccc(Br)cc1Cl)c1ccc(Cl)cc1Br. The van der Waals surface area contributed by atoms with Gasteiger partial charge in [-0.25, -0.2) is 0 Å². The summed E-state index contributed by atoms with van der Waals surface area (Å²) in [7, 11) is 0. The summed E-state index contributed by atoms with van der Waals surface area (Å²) < 4.78 is 1.48. The zero-order chi connectivity index (χ0) is 14.0. The zero-order valence-electron chi connectivity index (χ0n) is 9.38. The topological polar surface area (TPSA) is 29.1 Å². The van der Waals surface area contributed by atoms with Gasteiger partial charge < -0.3 is 5.32 Å². The number of anilines is 1. The van der Waals surface area contributed by atoms with Crippen molar-refractivity contribution in [1.82, 2.24) is 0 Å². The molecule has 0 fully saturated rings. The van der Waals surface area contributed by atoms with Crippen LogP contribution in [0.5, 0.6) is 0 Å². The fraction of sp³-hybridized carbons (Fsp3) is 0. The second kappa shape index (κ2) is 6.27. The van der Waals surface area contributed by atoms with Gasteiger partial charge in [0.05, 0.1) is 16.3 Å². The number of rotatable bonds is 2. The van der Waals surface area contributed by atoms with Crippen LogP contribution in [-0.4, -0.2) is 5.91 Å². The molecule has 2 nitrogen and oxygen atoms in total. The van der Waals surface area contributed by atoms with Crippen molar-refractivity contribution in [3.8, 4) is 0 Å². The monoisotopic (exact) mass is 421 g/mol. The van der Waals surface area contributed by atoms with E-state index in [1.165, 1.54) is 0 Å². The van der Waals surface area contributed by atoms with Crippen LogP contribution in [0.4, 0.5) is 5.69 Å². The molecule has 2 rings (SSSR count). The van der Waals surface area contributed by atoms with Crippen molar-refractivity contribution in [3.63, 3.8) is 0 Å². The summed E-state index contributed by atoms with van der Waals surface area (Å²) in [5.74, 6) is -0.257. The number of carbonyl (C=O) groups excluding carboxylic acids is 1. The van der Waals surface area contributed by atoms with Crippen LogP contribution < -0.4 is 5.32 Å². The summed E-state index contributed by atoms with van der Waals surface area (Å²) in [5, 5.41) is 3.78. The predicted molar refractivity (Wildman–Crippen MR) is 86.3 cm³/mol. The van der Waals surface area contributed by atoms with Crippen LogP contribution in [0.15, 0.2) is 45.3 Å². The molecule has 0 heterocycles. The lowest BCUT2D eigenvalue weighted by Gasteiger charge is -2.09. The Balaban J connectivity index is 2.25. The summed E-state index contributed by atoms with van der Waals surface area (Å²) >= 11 is 18.5. The van der Waals surface area contributed by atoms with Gasteiger partial charge in [0.1, 0.15) is 0 Å². The van der Waals surface area contributed by atoms with E-state index in [-0.39, 0.29) is 5.91 Å². The van der Waals surface area contributed by atoms with Gasteiger partial charge in [0.15, 0.2) is 0 Å². The van der Waals surface area contributed by atoms with Crippen molar-refractivity contribution in [3.05, 3.63) is 61.0 Å². The van der Waals surface area contributed by atoms with E-state index in [1.54, 1.807) is 36.4 Å². The zero-order valence-corrected chi connectivity index (χ0v) is 14.1. The van der Waals surface area contributed by atoms with Crippen molar-refractivity contribution in [1.29, 1.82) is 0 Å². The standard InChI is InChI=1S/C13H7Br2Cl2NO/c14-7-1-4-12(11(17)5-7)18-13(19)9-3-2-8(16)6-10(9)15/h1-6H,(H,18,19). The third-order valence-electron chi connectivity index (χ3n) is 2.36. The third kappa shape index (κ3) is 3.72. The lowest BCUT2D eigenvalue weighted by molar-refractivity contribution is 0.102. The van der Waals surface area contributed by atoms with Gasteiger partial charge in [-0.3, -0.25) is 4.79 Å². The first-order valence-corrected chi connectivity index (χ1v) is 7.53. The van der Waals surface area contributed by atoms with E-state index in [4.69, 9.17) is 23.2 Å². The Labute approximate surface area is 137 Å². The maximum Gasteiger partial charge on any atom is 0.256 e. The van der Waals surface area contributed by atoms with E-state index in [0.717, 1.165) is 4.47 Å². The number of nitrogens with one attached hydrogen (secondary N) is 1. The van der Waals surface area contributed by atoms with Crippen LogP contribution >= 0.6 is 55.1 Å². The number of hydrogen-bond donors (Lipinski definition) is 1. The number of carbonyl (C=O) groups is 1. The molecule has 0 bridgehead atoms. The predicted octanol–water partition coefficient (Wildman–Crippen LogP) is 5.77. The van der Waals surface area contributed by atoms with E-state index < -0.39 is 0 Å². The molecule has 0 atom stereocenters. The second-order valence-electron chi connectivity index (χ2n) is 3.70. The summed E-state index contributed by atoms with van der Waals surface area (Å²) in [6.45, 7) is 0. The molecule has 1 N–H and O–H groups in total. The molecule has 0 saturated carbocycles. The maximum absolute atomic E-state index is 12.1. The van der Waals surface area contributed by atoms with Crippen molar-refractivity contribution < 1.29 is 4.79 Å².